The number of pyridine rings is 1. The highest BCUT2D eigenvalue weighted by Gasteiger charge is 2.00. The summed E-state index contributed by atoms with van der Waals surface area (Å²) in [5.41, 5.74) is 0.585. The van der Waals surface area contributed by atoms with Crippen molar-refractivity contribution in [1.29, 1.82) is 5.26 Å². The summed E-state index contributed by atoms with van der Waals surface area (Å²) in [7, 11) is 0. The highest BCUT2D eigenvalue weighted by atomic mass is 15.0. The molecule has 4 nitrogen and oxygen atoms in total. The Morgan fingerprint density at radius 1 is 1.47 bits per heavy atom. The number of nitriles is 1. The lowest BCUT2D eigenvalue weighted by molar-refractivity contribution is 0.602. The van der Waals surface area contributed by atoms with E-state index in [4.69, 9.17) is 5.26 Å². The maximum absolute atomic E-state index is 8.82. The fourth-order valence-electron chi connectivity index (χ4n) is 1.18. The van der Waals surface area contributed by atoms with Gasteiger partial charge in [0.1, 0.15) is 11.9 Å². The second kappa shape index (κ2) is 5.99. The molecule has 1 aromatic heterocycles. The van der Waals surface area contributed by atoms with Gasteiger partial charge in [-0.25, -0.2) is 4.98 Å². The maximum Gasteiger partial charge on any atom is 0.143 e. The van der Waals surface area contributed by atoms with Crippen molar-refractivity contribution in [2.45, 2.75) is 19.9 Å². The number of aromatic nitrogens is 1. The topological polar surface area (TPSA) is 60.7 Å². The van der Waals surface area contributed by atoms with Gasteiger partial charge in [-0.15, -0.1) is 0 Å². The molecule has 0 saturated heterocycles. The van der Waals surface area contributed by atoms with Crippen LogP contribution in [0.4, 0.5) is 5.82 Å². The Labute approximate surface area is 90.3 Å². The van der Waals surface area contributed by atoms with Gasteiger partial charge in [0.05, 0.1) is 5.56 Å². The third kappa shape index (κ3) is 3.96. The van der Waals surface area contributed by atoms with Crippen LogP contribution in [0.15, 0.2) is 18.3 Å². The smallest absolute Gasteiger partial charge is 0.143 e. The Hall–Kier alpha value is -1.60. The molecule has 1 rings (SSSR count). The first kappa shape index (κ1) is 11.5. The highest BCUT2D eigenvalue weighted by Crippen LogP contribution is 2.08. The standard InChI is InChI=1S/C11H16N4/c1-9(2)13-6-7-15-11-10(8-12)4-3-5-14-11/h3-5,9,13H,6-7H2,1-2H3,(H,14,15). The zero-order valence-electron chi connectivity index (χ0n) is 9.12. The molecule has 0 radical (unpaired) electrons. The van der Waals surface area contributed by atoms with Crippen LogP contribution < -0.4 is 10.6 Å². The maximum atomic E-state index is 8.82. The van der Waals surface area contributed by atoms with Crippen LogP contribution in [0.2, 0.25) is 0 Å². The van der Waals surface area contributed by atoms with Gasteiger partial charge in [0.2, 0.25) is 0 Å². The summed E-state index contributed by atoms with van der Waals surface area (Å²) < 4.78 is 0. The lowest BCUT2D eigenvalue weighted by atomic mass is 10.3. The molecule has 0 aromatic carbocycles. The summed E-state index contributed by atoms with van der Waals surface area (Å²) in [6.07, 6.45) is 1.68. The van der Waals surface area contributed by atoms with Gasteiger partial charge < -0.3 is 10.6 Å². The van der Waals surface area contributed by atoms with Crippen LogP contribution in [0, 0.1) is 11.3 Å². The number of nitrogens with one attached hydrogen (secondary N) is 2. The fraction of sp³-hybridized carbons (Fsp3) is 0.455. The van der Waals surface area contributed by atoms with Crippen LogP contribution in [0.25, 0.3) is 0 Å². The van der Waals surface area contributed by atoms with Gasteiger partial charge in [-0.1, -0.05) is 13.8 Å². The van der Waals surface area contributed by atoms with Crippen LogP contribution >= 0.6 is 0 Å². The number of hydrogen-bond donors (Lipinski definition) is 2. The van der Waals surface area contributed by atoms with Gasteiger partial charge in [-0.2, -0.15) is 5.26 Å². The normalized spacial score (nSPS) is 10.0. The Morgan fingerprint density at radius 2 is 2.27 bits per heavy atom. The van der Waals surface area contributed by atoms with Crippen LogP contribution in [-0.4, -0.2) is 24.1 Å². The SMILES string of the molecule is CC(C)NCCNc1ncccc1C#N. The molecule has 0 aliphatic rings. The molecule has 0 fully saturated rings. The summed E-state index contributed by atoms with van der Waals surface area (Å²) in [4.78, 5) is 4.10. The first-order chi connectivity index (χ1) is 7.24. The average molecular weight is 204 g/mol. The van der Waals surface area contributed by atoms with Crippen molar-refractivity contribution in [3.05, 3.63) is 23.9 Å². The zero-order valence-corrected chi connectivity index (χ0v) is 9.12. The zero-order chi connectivity index (χ0) is 11.1. The van der Waals surface area contributed by atoms with Gasteiger partial charge >= 0.3 is 0 Å². The molecule has 0 bridgehead atoms. The fourth-order valence-corrected chi connectivity index (χ4v) is 1.18. The van der Waals surface area contributed by atoms with Gasteiger partial charge in [-0.05, 0) is 12.1 Å². The van der Waals surface area contributed by atoms with Gasteiger partial charge in [-0.3, -0.25) is 0 Å². The molecule has 2 N–H and O–H groups in total. The molecule has 0 saturated carbocycles. The van der Waals surface area contributed by atoms with E-state index in [-0.39, 0.29) is 0 Å². The van der Waals surface area contributed by atoms with E-state index in [1.54, 1.807) is 18.3 Å². The predicted octanol–water partition coefficient (Wildman–Crippen LogP) is 1.36. The molecule has 4 heteroatoms. The van der Waals surface area contributed by atoms with Crippen molar-refractivity contribution >= 4 is 5.82 Å². The Morgan fingerprint density at radius 3 is 2.93 bits per heavy atom. The second-order valence-corrected chi connectivity index (χ2v) is 3.55. The Balaban J connectivity index is 2.41. The molecule has 0 aliphatic carbocycles. The van der Waals surface area contributed by atoms with E-state index in [0.29, 0.717) is 17.4 Å². The van der Waals surface area contributed by atoms with E-state index in [0.717, 1.165) is 13.1 Å². The average Bonchev–Trinajstić information content (AvgIpc) is 2.24. The largest absolute Gasteiger partial charge is 0.368 e. The van der Waals surface area contributed by atoms with E-state index in [1.165, 1.54) is 0 Å². The molecule has 80 valence electrons. The summed E-state index contributed by atoms with van der Waals surface area (Å²) >= 11 is 0. The third-order valence-electron chi connectivity index (χ3n) is 1.90. The van der Waals surface area contributed by atoms with Crippen LogP contribution in [-0.2, 0) is 0 Å². The van der Waals surface area contributed by atoms with E-state index < -0.39 is 0 Å². The van der Waals surface area contributed by atoms with Gasteiger partial charge in [0, 0.05) is 25.3 Å². The van der Waals surface area contributed by atoms with Crippen molar-refractivity contribution in [2.24, 2.45) is 0 Å². The lowest BCUT2D eigenvalue weighted by Gasteiger charge is -2.09. The van der Waals surface area contributed by atoms with Crippen molar-refractivity contribution in [3.8, 4) is 6.07 Å². The predicted molar refractivity (Wildman–Crippen MR) is 60.6 cm³/mol. The van der Waals surface area contributed by atoms with Crippen LogP contribution in [0.1, 0.15) is 19.4 Å². The van der Waals surface area contributed by atoms with Gasteiger partial charge in [0.15, 0.2) is 0 Å². The molecule has 15 heavy (non-hydrogen) atoms. The molecular weight excluding hydrogens is 188 g/mol. The lowest BCUT2D eigenvalue weighted by Crippen LogP contribution is -2.28. The molecule has 0 amide bonds. The highest BCUT2D eigenvalue weighted by molar-refractivity contribution is 5.51. The molecule has 1 heterocycles. The van der Waals surface area contributed by atoms with Crippen molar-refractivity contribution < 1.29 is 0 Å². The summed E-state index contributed by atoms with van der Waals surface area (Å²) in [6, 6.07) is 6.09. The van der Waals surface area contributed by atoms with E-state index in [2.05, 4.69) is 35.5 Å². The quantitative estimate of drug-likeness (QED) is 0.711. The first-order valence-corrected chi connectivity index (χ1v) is 5.06. The number of rotatable bonds is 5. The minimum atomic E-state index is 0.478. The van der Waals surface area contributed by atoms with E-state index in [1.807, 2.05) is 0 Å². The minimum Gasteiger partial charge on any atom is -0.368 e. The molecular formula is C11H16N4. The number of nitrogens with zero attached hydrogens (tertiary/aromatic N) is 2. The first-order valence-electron chi connectivity index (χ1n) is 5.06. The Bertz CT molecular complexity index is 341. The summed E-state index contributed by atoms with van der Waals surface area (Å²) in [6.45, 7) is 5.83. The Kier molecular flexibility index (Phi) is 4.58. The molecule has 0 spiro atoms. The second-order valence-electron chi connectivity index (χ2n) is 3.55. The minimum absolute atomic E-state index is 0.478. The summed E-state index contributed by atoms with van der Waals surface area (Å²) in [5, 5.41) is 15.2. The van der Waals surface area contributed by atoms with Crippen molar-refractivity contribution in [2.75, 3.05) is 18.4 Å². The van der Waals surface area contributed by atoms with E-state index >= 15 is 0 Å². The van der Waals surface area contributed by atoms with Crippen LogP contribution in [0.3, 0.4) is 0 Å². The molecule has 1 aromatic rings. The van der Waals surface area contributed by atoms with Gasteiger partial charge in [0.25, 0.3) is 0 Å². The number of anilines is 1. The van der Waals surface area contributed by atoms with E-state index in [9.17, 15) is 0 Å². The van der Waals surface area contributed by atoms with Crippen molar-refractivity contribution in [3.63, 3.8) is 0 Å². The number of hydrogen-bond acceptors (Lipinski definition) is 4. The van der Waals surface area contributed by atoms with Crippen LogP contribution in [0.5, 0.6) is 0 Å². The summed E-state index contributed by atoms with van der Waals surface area (Å²) in [5.74, 6) is 0.658. The monoisotopic (exact) mass is 204 g/mol. The molecule has 0 aliphatic heterocycles. The molecule has 0 unspecified atom stereocenters. The molecule has 0 atom stereocenters. The van der Waals surface area contributed by atoms with Crippen molar-refractivity contribution in [1.82, 2.24) is 10.3 Å². The third-order valence-corrected chi connectivity index (χ3v) is 1.90.